The lowest BCUT2D eigenvalue weighted by molar-refractivity contribution is -0.00800. The van der Waals surface area contributed by atoms with Gasteiger partial charge in [-0.2, -0.15) is 5.10 Å². The molecule has 1 atom stereocenters. The van der Waals surface area contributed by atoms with Crippen LogP contribution in [-0.4, -0.2) is 67.0 Å². The molecule has 0 radical (unpaired) electrons. The minimum Gasteiger partial charge on any atom is -0.370 e. The van der Waals surface area contributed by atoms with Crippen LogP contribution in [-0.2, 0) is 11.8 Å². The molecule has 2 aromatic rings. The number of anilines is 1. The molecule has 1 aliphatic heterocycles. The highest BCUT2D eigenvalue weighted by atomic mass is 16.5. The lowest BCUT2D eigenvalue weighted by atomic mass is 10.1. The van der Waals surface area contributed by atoms with Crippen molar-refractivity contribution < 1.29 is 4.74 Å². The topological polar surface area (TPSA) is 57.9 Å². The second kappa shape index (κ2) is 9.59. The number of rotatable bonds is 6. The van der Waals surface area contributed by atoms with Crippen LogP contribution in [0.2, 0.25) is 0 Å². The molecule has 1 aliphatic rings. The highest BCUT2D eigenvalue weighted by Crippen LogP contribution is 2.21. The van der Waals surface area contributed by atoms with Crippen molar-refractivity contribution in [3.05, 3.63) is 47.8 Å². The average molecular weight is 385 g/mol. The van der Waals surface area contributed by atoms with Crippen LogP contribution in [0, 0.1) is 6.92 Å². The Morgan fingerprint density at radius 1 is 1.43 bits per heavy atom. The number of aromatic nitrogens is 2. The minimum absolute atomic E-state index is 0.0282. The molecule has 1 saturated heterocycles. The zero-order valence-electron chi connectivity index (χ0n) is 17.4. The molecule has 1 aromatic heterocycles. The van der Waals surface area contributed by atoms with Crippen LogP contribution in [0.5, 0.6) is 0 Å². The van der Waals surface area contributed by atoms with E-state index in [1.165, 1.54) is 11.3 Å². The molecule has 0 bridgehead atoms. The lowest BCUT2D eigenvalue weighted by Crippen LogP contribution is -2.49. The molecule has 7 heteroatoms. The predicted octanol–water partition coefficient (Wildman–Crippen LogP) is 2.20. The largest absolute Gasteiger partial charge is 0.370 e. The first-order valence-corrected chi connectivity index (χ1v) is 9.98. The van der Waals surface area contributed by atoms with Crippen LogP contribution in [0.4, 0.5) is 5.69 Å². The number of morpholine rings is 1. The van der Waals surface area contributed by atoms with Crippen LogP contribution in [0.15, 0.2) is 41.7 Å². The molecule has 0 saturated carbocycles. The summed E-state index contributed by atoms with van der Waals surface area (Å²) >= 11 is 0. The van der Waals surface area contributed by atoms with Crippen LogP contribution in [0.1, 0.15) is 24.2 Å². The highest BCUT2D eigenvalue weighted by Gasteiger charge is 2.25. The Balaban J connectivity index is 1.55. The number of ether oxygens (including phenoxy) is 1. The van der Waals surface area contributed by atoms with Crippen molar-refractivity contribution in [3.8, 4) is 0 Å². The second-order valence-corrected chi connectivity index (χ2v) is 7.15. The van der Waals surface area contributed by atoms with Crippen molar-refractivity contribution in [2.24, 2.45) is 12.0 Å². The van der Waals surface area contributed by atoms with Gasteiger partial charge in [-0.25, -0.2) is 0 Å². The maximum absolute atomic E-state index is 5.95. The summed E-state index contributed by atoms with van der Waals surface area (Å²) in [4.78, 5) is 9.14. The number of nitrogens with one attached hydrogen (secondary N) is 1. The summed E-state index contributed by atoms with van der Waals surface area (Å²) in [7, 11) is 3.77. The van der Waals surface area contributed by atoms with Crippen LogP contribution >= 0.6 is 0 Å². The lowest BCUT2D eigenvalue weighted by Gasteiger charge is -2.35. The van der Waals surface area contributed by atoms with E-state index >= 15 is 0 Å². The van der Waals surface area contributed by atoms with Crippen molar-refractivity contribution in [2.45, 2.75) is 20.0 Å². The van der Waals surface area contributed by atoms with E-state index in [0.717, 1.165) is 44.2 Å². The highest BCUT2D eigenvalue weighted by molar-refractivity contribution is 5.80. The molecular weight excluding hydrogens is 352 g/mol. The van der Waals surface area contributed by atoms with Crippen molar-refractivity contribution in [1.29, 1.82) is 0 Å². The Labute approximate surface area is 168 Å². The van der Waals surface area contributed by atoms with Gasteiger partial charge < -0.3 is 19.9 Å². The number of hydrogen-bond donors (Lipinski definition) is 1. The summed E-state index contributed by atoms with van der Waals surface area (Å²) in [5.41, 5.74) is 3.66. The number of nitrogens with zero attached hydrogens (tertiary/aromatic N) is 5. The quantitative estimate of drug-likeness (QED) is 0.611. The van der Waals surface area contributed by atoms with Crippen molar-refractivity contribution in [2.75, 3.05) is 51.3 Å². The normalized spacial score (nSPS) is 17.6. The summed E-state index contributed by atoms with van der Waals surface area (Å²) in [6, 6.07) is 8.66. The molecule has 7 nitrogen and oxygen atoms in total. The Morgan fingerprint density at radius 2 is 2.29 bits per heavy atom. The van der Waals surface area contributed by atoms with Crippen molar-refractivity contribution in [1.82, 2.24) is 20.0 Å². The van der Waals surface area contributed by atoms with Crippen molar-refractivity contribution >= 4 is 11.6 Å². The summed E-state index contributed by atoms with van der Waals surface area (Å²) in [6.45, 7) is 9.37. The maximum atomic E-state index is 5.95. The van der Waals surface area contributed by atoms with Gasteiger partial charge >= 0.3 is 0 Å². The molecule has 1 aromatic carbocycles. The fraction of sp³-hybridized carbons (Fsp3) is 0.524. The number of aliphatic imine (C=N–C) groups is 1. The molecule has 3 rings (SSSR count). The number of aryl methyl sites for hydroxylation is 2. The molecule has 152 valence electrons. The van der Waals surface area contributed by atoms with Crippen LogP contribution in [0.3, 0.4) is 0 Å². The van der Waals surface area contributed by atoms with E-state index in [0.29, 0.717) is 6.61 Å². The van der Waals surface area contributed by atoms with Gasteiger partial charge in [0, 0.05) is 57.7 Å². The van der Waals surface area contributed by atoms with E-state index in [9.17, 15) is 0 Å². The van der Waals surface area contributed by atoms with Crippen molar-refractivity contribution in [3.63, 3.8) is 0 Å². The summed E-state index contributed by atoms with van der Waals surface area (Å²) < 4.78 is 7.76. The van der Waals surface area contributed by atoms with E-state index in [1.807, 2.05) is 31.2 Å². The summed E-state index contributed by atoms with van der Waals surface area (Å²) in [5.74, 6) is 0.928. The van der Waals surface area contributed by atoms with Gasteiger partial charge in [0.1, 0.15) is 6.10 Å². The first kappa shape index (κ1) is 20.2. The van der Waals surface area contributed by atoms with E-state index in [4.69, 9.17) is 4.74 Å². The zero-order chi connectivity index (χ0) is 19.9. The van der Waals surface area contributed by atoms with Gasteiger partial charge in [0.25, 0.3) is 0 Å². The summed E-state index contributed by atoms with van der Waals surface area (Å²) in [5, 5.41) is 7.79. The molecule has 1 fully saturated rings. The third kappa shape index (κ3) is 5.04. The molecule has 2 heterocycles. The Kier molecular flexibility index (Phi) is 6.92. The first-order valence-electron chi connectivity index (χ1n) is 9.98. The molecule has 0 spiro atoms. The van der Waals surface area contributed by atoms with E-state index in [-0.39, 0.29) is 6.10 Å². The molecule has 28 heavy (non-hydrogen) atoms. The molecule has 0 amide bonds. The molecular formula is C21H32N6O. The molecule has 1 N–H and O–H groups in total. The maximum Gasteiger partial charge on any atom is 0.193 e. The van der Waals surface area contributed by atoms with E-state index < -0.39 is 0 Å². The van der Waals surface area contributed by atoms with Gasteiger partial charge in [0.2, 0.25) is 0 Å². The van der Waals surface area contributed by atoms with Gasteiger partial charge in [-0.3, -0.25) is 9.67 Å². The van der Waals surface area contributed by atoms with E-state index in [1.54, 1.807) is 0 Å². The van der Waals surface area contributed by atoms with E-state index in [2.05, 4.69) is 63.3 Å². The SMILES string of the molecule is CCN(CCNC(=NC)N1CCOC(c2cnn(C)c2)C1)c1cccc(C)c1. The van der Waals surface area contributed by atoms with Gasteiger partial charge in [-0.05, 0) is 31.5 Å². The van der Waals surface area contributed by atoms with Crippen LogP contribution in [0.25, 0.3) is 0 Å². The monoisotopic (exact) mass is 384 g/mol. The zero-order valence-corrected chi connectivity index (χ0v) is 17.4. The second-order valence-electron chi connectivity index (χ2n) is 7.15. The fourth-order valence-corrected chi connectivity index (χ4v) is 3.58. The van der Waals surface area contributed by atoms with Crippen LogP contribution < -0.4 is 10.2 Å². The third-order valence-electron chi connectivity index (χ3n) is 5.09. The average Bonchev–Trinajstić information content (AvgIpc) is 3.15. The standard InChI is InChI=1S/C21H32N6O/c1-5-26(19-8-6-7-17(2)13-19)10-9-23-21(22-3)27-11-12-28-20(16-27)18-14-24-25(4)15-18/h6-8,13-15,20H,5,9-12,16H2,1-4H3,(H,22,23). The van der Waals surface area contributed by atoms with Gasteiger partial charge in [0.15, 0.2) is 5.96 Å². The molecule has 1 unspecified atom stereocenters. The Hall–Kier alpha value is -2.54. The Bertz CT molecular complexity index is 787. The predicted molar refractivity (Wildman–Crippen MR) is 114 cm³/mol. The number of guanidine groups is 1. The minimum atomic E-state index is 0.0282. The Morgan fingerprint density at radius 3 is 2.96 bits per heavy atom. The number of hydrogen-bond acceptors (Lipinski definition) is 4. The van der Waals surface area contributed by atoms with Gasteiger partial charge in [-0.15, -0.1) is 0 Å². The fourth-order valence-electron chi connectivity index (χ4n) is 3.58. The first-order chi connectivity index (χ1) is 13.6. The third-order valence-corrected chi connectivity index (χ3v) is 5.09. The molecule has 0 aliphatic carbocycles. The summed E-state index contributed by atoms with van der Waals surface area (Å²) in [6.07, 6.45) is 3.93. The number of likely N-dealkylation sites (N-methyl/N-ethyl adjacent to an activating group) is 1. The van der Waals surface area contributed by atoms with Gasteiger partial charge in [0.05, 0.1) is 19.3 Å². The van der Waals surface area contributed by atoms with Gasteiger partial charge in [-0.1, -0.05) is 12.1 Å². The number of benzene rings is 1. The smallest absolute Gasteiger partial charge is 0.193 e.